The fourth-order valence-electron chi connectivity index (χ4n) is 1.61. The van der Waals surface area contributed by atoms with Crippen LogP contribution < -0.4 is 4.74 Å². The number of hydrogen-bond acceptors (Lipinski definition) is 2. The number of halogens is 3. The lowest BCUT2D eigenvalue weighted by molar-refractivity contribution is -0.274. The molecular formula is C14H9F3O2. The molecule has 0 atom stereocenters. The topological polar surface area (TPSA) is 26.3 Å². The van der Waals surface area contributed by atoms with Gasteiger partial charge >= 0.3 is 6.36 Å². The SMILES string of the molecule is O=C(c1ccccc1)c1ccccc1OC(F)(F)F. The van der Waals surface area contributed by atoms with Gasteiger partial charge in [0.05, 0.1) is 5.56 Å². The summed E-state index contributed by atoms with van der Waals surface area (Å²) in [7, 11) is 0. The molecule has 0 aromatic heterocycles. The number of alkyl halides is 3. The van der Waals surface area contributed by atoms with Crippen LogP contribution in [0.25, 0.3) is 0 Å². The molecule has 2 rings (SSSR count). The summed E-state index contributed by atoms with van der Waals surface area (Å²) < 4.78 is 40.6. The molecule has 0 N–H and O–H groups in total. The molecule has 0 fully saturated rings. The molecule has 0 heterocycles. The van der Waals surface area contributed by atoms with Crippen molar-refractivity contribution in [2.75, 3.05) is 0 Å². The molecule has 19 heavy (non-hydrogen) atoms. The van der Waals surface area contributed by atoms with Crippen molar-refractivity contribution in [3.63, 3.8) is 0 Å². The Morgan fingerprint density at radius 1 is 0.895 bits per heavy atom. The molecule has 5 heteroatoms. The zero-order valence-corrected chi connectivity index (χ0v) is 9.65. The number of rotatable bonds is 3. The van der Waals surface area contributed by atoms with Crippen LogP contribution in [0.3, 0.4) is 0 Å². The lowest BCUT2D eigenvalue weighted by atomic mass is 10.0. The summed E-state index contributed by atoms with van der Waals surface area (Å²) >= 11 is 0. The molecule has 0 bridgehead atoms. The van der Waals surface area contributed by atoms with E-state index < -0.39 is 17.9 Å². The zero-order chi connectivity index (χ0) is 13.9. The minimum atomic E-state index is -4.83. The third-order valence-corrected chi connectivity index (χ3v) is 2.39. The van der Waals surface area contributed by atoms with Crippen molar-refractivity contribution in [2.24, 2.45) is 0 Å². The molecule has 0 saturated heterocycles. The summed E-state index contributed by atoms with van der Waals surface area (Å²) in [5, 5.41) is 0. The number of hydrogen-bond donors (Lipinski definition) is 0. The highest BCUT2D eigenvalue weighted by atomic mass is 19.4. The molecule has 2 aromatic carbocycles. The first-order valence-corrected chi connectivity index (χ1v) is 5.42. The second-order valence-corrected chi connectivity index (χ2v) is 3.74. The fourth-order valence-corrected chi connectivity index (χ4v) is 1.61. The maximum atomic E-state index is 12.3. The van der Waals surface area contributed by atoms with Gasteiger partial charge in [0.1, 0.15) is 5.75 Å². The number of ether oxygens (including phenoxy) is 1. The first kappa shape index (κ1) is 13.1. The van der Waals surface area contributed by atoms with Crippen LogP contribution in [0.15, 0.2) is 54.6 Å². The maximum absolute atomic E-state index is 12.3. The van der Waals surface area contributed by atoms with Crippen molar-refractivity contribution >= 4 is 5.78 Å². The largest absolute Gasteiger partial charge is 0.573 e. The van der Waals surface area contributed by atoms with Crippen molar-refractivity contribution in [2.45, 2.75) is 6.36 Å². The van der Waals surface area contributed by atoms with Crippen molar-refractivity contribution in [1.29, 1.82) is 0 Å². The van der Waals surface area contributed by atoms with Crippen LogP contribution in [-0.4, -0.2) is 12.1 Å². The number of carbonyl (C=O) groups excluding carboxylic acids is 1. The number of ketones is 1. The van der Waals surface area contributed by atoms with Gasteiger partial charge in [-0.05, 0) is 12.1 Å². The Morgan fingerprint density at radius 2 is 1.47 bits per heavy atom. The van der Waals surface area contributed by atoms with E-state index in [1.54, 1.807) is 18.2 Å². The van der Waals surface area contributed by atoms with Crippen molar-refractivity contribution in [3.05, 3.63) is 65.7 Å². The Bertz CT molecular complexity index is 577. The molecule has 0 amide bonds. The fraction of sp³-hybridized carbons (Fsp3) is 0.0714. The van der Waals surface area contributed by atoms with Gasteiger partial charge in [-0.2, -0.15) is 0 Å². The van der Waals surface area contributed by atoms with Crippen molar-refractivity contribution in [1.82, 2.24) is 0 Å². The first-order chi connectivity index (χ1) is 8.97. The van der Waals surface area contributed by atoms with Crippen LogP contribution in [0.1, 0.15) is 15.9 Å². The van der Waals surface area contributed by atoms with E-state index in [4.69, 9.17) is 0 Å². The van der Waals surface area contributed by atoms with Gasteiger partial charge < -0.3 is 4.74 Å². The van der Waals surface area contributed by atoms with E-state index in [0.717, 1.165) is 6.07 Å². The number of benzene rings is 2. The second-order valence-electron chi connectivity index (χ2n) is 3.74. The summed E-state index contributed by atoms with van der Waals surface area (Å²) in [4.78, 5) is 12.1. The Labute approximate surface area is 107 Å². The minimum absolute atomic E-state index is 0.119. The van der Waals surface area contributed by atoms with Crippen LogP contribution in [0.4, 0.5) is 13.2 Å². The van der Waals surface area contributed by atoms with Gasteiger partial charge in [0, 0.05) is 5.56 Å². The quantitative estimate of drug-likeness (QED) is 0.789. The zero-order valence-electron chi connectivity index (χ0n) is 9.65. The monoisotopic (exact) mass is 266 g/mol. The Kier molecular flexibility index (Phi) is 3.55. The van der Waals surface area contributed by atoms with Gasteiger partial charge in [-0.3, -0.25) is 4.79 Å². The molecule has 98 valence electrons. The second kappa shape index (κ2) is 5.14. The van der Waals surface area contributed by atoms with Gasteiger partial charge in [-0.15, -0.1) is 13.2 Å². The third kappa shape index (κ3) is 3.34. The highest BCUT2D eigenvalue weighted by molar-refractivity contribution is 6.10. The summed E-state index contributed by atoms with van der Waals surface area (Å²) in [6.07, 6.45) is -4.83. The average Bonchev–Trinajstić information content (AvgIpc) is 2.38. The predicted molar refractivity (Wildman–Crippen MR) is 63.0 cm³/mol. The molecule has 0 aliphatic rings. The van der Waals surface area contributed by atoms with E-state index in [-0.39, 0.29) is 5.56 Å². The molecule has 0 unspecified atom stereocenters. The Morgan fingerprint density at radius 3 is 2.11 bits per heavy atom. The molecule has 0 aliphatic carbocycles. The first-order valence-electron chi connectivity index (χ1n) is 5.42. The average molecular weight is 266 g/mol. The Hall–Kier alpha value is -2.30. The maximum Gasteiger partial charge on any atom is 0.573 e. The van der Waals surface area contributed by atoms with E-state index in [2.05, 4.69) is 4.74 Å². The third-order valence-electron chi connectivity index (χ3n) is 2.39. The van der Waals surface area contributed by atoms with Gasteiger partial charge in [-0.25, -0.2) is 0 Å². The standard InChI is InChI=1S/C14H9F3O2/c15-14(16,17)19-12-9-5-4-8-11(12)13(18)10-6-2-1-3-7-10/h1-9H. The van der Waals surface area contributed by atoms with Crippen molar-refractivity contribution in [3.8, 4) is 5.75 Å². The molecule has 0 spiro atoms. The van der Waals surface area contributed by atoms with Crippen LogP contribution in [0, 0.1) is 0 Å². The Balaban J connectivity index is 2.38. The van der Waals surface area contributed by atoms with Gasteiger partial charge in [-0.1, -0.05) is 42.5 Å². The summed E-state index contributed by atoms with van der Waals surface area (Å²) in [6, 6.07) is 13.3. The lowest BCUT2D eigenvalue weighted by Gasteiger charge is -2.12. The van der Waals surface area contributed by atoms with E-state index in [0.29, 0.717) is 5.56 Å². The van der Waals surface area contributed by atoms with E-state index in [1.807, 2.05) is 0 Å². The minimum Gasteiger partial charge on any atom is -0.405 e. The summed E-state index contributed by atoms with van der Waals surface area (Å²) in [5.41, 5.74) is 0.187. The number of carbonyl (C=O) groups is 1. The van der Waals surface area contributed by atoms with Crippen LogP contribution in [0.2, 0.25) is 0 Å². The molecule has 2 nitrogen and oxygen atoms in total. The lowest BCUT2D eigenvalue weighted by Crippen LogP contribution is -2.19. The number of para-hydroxylation sites is 1. The van der Waals surface area contributed by atoms with Gasteiger partial charge in [0.25, 0.3) is 0 Å². The summed E-state index contributed by atoms with van der Waals surface area (Å²) in [5.74, 6) is -1.01. The molecule has 0 radical (unpaired) electrons. The van der Waals surface area contributed by atoms with Gasteiger partial charge in [0.15, 0.2) is 5.78 Å². The van der Waals surface area contributed by atoms with E-state index in [1.165, 1.54) is 30.3 Å². The van der Waals surface area contributed by atoms with Crippen LogP contribution in [-0.2, 0) is 0 Å². The van der Waals surface area contributed by atoms with E-state index in [9.17, 15) is 18.0 Å². The van der Waals surface area contributed by atoms with E-state index >= 15 is 0 Å². The summed E-state index contributed by atoms with van der Waals surface area (Å²) in [6.45, 7) is 0. The van der Waals surface area contributed by atoms with Crippen LogP contribution in [0.5, 0.6) is 5.75 Å². The highest BCUT2D eigenvalue weighted by Crippen LogP contribution is 2.27. The van der Waals surface area contributed by atoms with Gasteiger partial charge in [0.2, 0.25) is 0 Å². The van der Waals surface area contributed by atoms with Crippen LogP contribution >= 0.6 is 0 Å². The highest BCUT2D eigenvalue weighted by Gasteiger charge is 2.32. The molecular weight excluding hydrogens is 257 g/mol. The molecule has 0 saturated carbocycles. The smallest absolute Gasteiger partial charge is 0.405 e. The molecule has 2 aromatic rings. The predicted octanol–water partition coefficient (Wildman–Crippen LogP) is 3.82. The van der Waals surface area contributed by atoms with Crippen molar-refractivity contribution < 1.29 is 22.7 Å². The molecule has 0 aliphatic heterocycles. The normalized spacial score (nSPS) is 11.1.